The first-order valence-corrected chi connectivity index (χ1v) is 7.89. The number of nitrogens with zero attached hydrogens (tertiary/aromatic N) is 1. The van der Waals surface area contributed by atoms with E-state index in [2.05, 4.69) is 55.5 Å². The van der Waals surface area contributed by atoms with Gasteiger partial charge in [-0.25, -0.2) is 0 Å². The fraction of sp³-hybridized carbons (Fsp3) is 0.381. The Balaban J connectivity index is 0. The molecule has 0 saturated heterocycles. The summed E-state index contributed by atoms with van der Waals surface area (Å²) >= 11 is 0. The largest absolute Gasteiger partial charge is 0.285 e. The average Bonchev–Trinajstić information content (AvgIpc) is 2.57. The van der Waals surface area contributed by atoms with E-state index in [1.165, 1.54) is 16.7 Å². The smallest absolute Gasteiger partial charge is 0.0723 e. The summed E-state index contributed by atoms with van der Waals surface area (Å²) in [5.74, 6) is 2.25. The van der Waals surface area contributed by atoms with Gasteiger partial charge in [-0.3, -0.25) is 4.99 Å². The maximum absolute atomic E-state index is 4.60. The van der Waals surface area contributed by atoms with Crippen molar-refractivity contribution in [1.82, 2.24) is 0 Å². The molecule has 1 nitrogen and oxygen atoms in total. The average molecular weight is 297 g/mol. The van der Waals surface area contributed by atoms with Gasteiger partial charge in [-0.2, -0.15) is 0 Å². The van der Waals surface area contributed by atoms with Gasteiger partial charge in [0, 0.05) is 6.21 Å². The molecule has 1 heterocycles. The number of aliphatic imine (C=N–C) groups is 1. The van der Waals surface area contributed by atoms with Crippen molar-refractivity contribution >= 4 is 11.8 Å². The van der Waals surface area contributed by atoms with Crippen molar-refractivity contribution in [1.29, 1.82) is 0 Å². The van der Waals surface area contributed by atoms with Gasteiger partial charge in [0.15, 0.2) is 0 Å². The van der Waals surface area contributed by atoms with Crippen molar-refractivity contribution in [3.63, 3.8) is 0 Å². The molecule has 1 unspecified atom stereocenters. The fourth-order valence-electron chi connectivity index (χ4n) is 1.77. The predicted molar refractivity (Wildman–Crippen MR) is 103 cm³/mol. The Morgan fingerprint density at radius 1 is 1.09 bits per heavy atom. The van der Waals surface area contributed by atoms with Crippen LogP contribution in [0.15, 0.2) is 47.5 Å². The lowest BCUT2D eigenvalue weighted by Gasteiger charge is -2.18. The maximum atomic E-state index is 4.60. The highest BCUT2D eigenvalue weighted by molar-refractivity contribution is 5.93. The van der Waals surface area contributed by atoms with E-state index in [4.69, 9.17) is 0 Å². The van der Waals surface area contributed by atoms with Crippen LogP contribution in [0.3, 0.4) is 0 Å². The van der Waals surface area contributed by atoms with Crippen LogP contribution in [0.25, 0.3) is 5.57 Å². The number of rotatable bonds is 0. The number of allylic oxidation sites excluding steroid dienone is 3. The molecule has 1 atom stereocenters. The third-order valence-electron chi connectivity index (χ3n) is 2.80. The molecule has 22 heavy (non-hydrogen) atoms. The molecule has 1 aliphatic rings. The number of fused-ring (bicyclic) bond motifs is 1. The molecule has 0 radical (unpaired) electrons. The highest BCUT2D eigenvalue weighted by Gasteiger charge is 2.14. The third-order valence-corrected chi connectivity index (χ3v) is 2.80. The summed E-state index contributed by atoms with van der Waals surface area (Å²) in [5, 5.41) is 0. The van der Waals surface area contributed by atoms with Crippen LogP contribution in [0.1, 0.15) is 59.6 Å². The van der Waals surface area contributed by atoms with E-state index in [0.717, 1.165) is 0 Å². The molecule has 1 aromatic rings. The monoisotopic (exact) mass is 297 g/mol. The second-order valence-corrected chi connectivity index (χ2v) is 4.24. The van der Waals surface area contributed by atoms with Gasteiger partial charge in [-0.1, -0.05) is 56.3 Å². The molecule has 0 aliphatic carbocycles. The summed E-state index contributed by atoms with van der Waals surface area (Å²) in [6.07, 6.45) is 12.7. The van der Waals surface area contributed by atoms with Crippen molar-refractivity contribution in [3.8, 4) is 12.3 Å². The summed E-state index contributed by atoms with van der Waals surface area (Å²) in [7, 11) is 0. The number of benzene rings is 1. The van der Waals surface area contributed by atoms with Crippen LogP contribution in [0.2, 0.25) is 0 Å². The van der Waals surface area contributed by atoms with Crippen molar-refractivity contribution in [2.24, 2.45) is 4.99 Å². The Morgan fingerprint density at radius 2 is 1.59 bits per heavy atom. The number of hydrogen-bond acceptors (Lipinski definition) is 1. The van der Waals surface area contributed by atoms with Crippen molar-refractivity contribution in [2.75, 3.05) is 0 Å². The minimum Gasteiger partial charge on any atom is -0.285 e. The second kappa shape index (κ2) is 15.3. The van der Waals surface area contributed by atoms with E-state index in [-0.39, 0.29) is 0 Å². The molecule has 1 aliphatic heterocycles. The summed E-state index contributed by atoms with van der Waals surface area (Å²) in [5.41, 5.74) is 3.89. The topological polar surface area (TPSA) is 12.4 Å². The lowest BCUT2D eigenvalue weighted by atomic mass is 9.93. The van der Waals surface area contributed by atoms with E-state index >= 15 is 0 Å². The standard InChI is InChI=1S/C12H13N.C4H8.C3H4.C2H6/c1-3-11-9(2)13-8-10-6-4-5-7-12(10)11;1-3-4-2;1-3-2;1-2/h3-9H,1-2H3;3-4H,1-2H3;1H,2H3;1-2H3/b11-3+;4-3-;;. The molecule has 1 heteroatoms. The predicted octanol–water partition coefficient (Wildman–Crippen LogP) is 6.16. The van der Waals surface area contributed by atoms with E-state index in [0.29, 0.717) is 6.04 Å². The number of terminal acetylenes is 1. The van der Waals surface area contributed by atoms with E-state index in [1.807, 2.05) is 52.1 Å². The summed E-state index contributed by atoms with van der Waals surface area (Å²) in [6.45, 7) is 13.9. The molecule has 120 valence electrons. The van der Waals surface area contributed by atoms with Crippen LogP contribution in [0, 0.1) is 12.3 Å². The lowest BCUT2D eigenvalue weighted by Crippen LogP contribution is -2.10. The molecule has 0 saturated carbocycles. The van der Waals surface area contributed by atoms with E-state index < -0.39 is 0 Å². The van der Waals surface area contributed by atoms with Gasteiger partial charge in [0.1, 0.15) is 0 Å². The Labute approximate surface area is 137 Å². The zero-order valence-electron chi connectivity index (χ0n) is 15.2. The van der Waals surface area contributed by atoms with Crippen LogP contribution in [-0.2, 0) is 0 Å². The molecule has 2 rings (SSSR count). The maximum Gasteiger partial charge on any atom is 0.0723 e. The molecule has 0 aromatic heterocycles. The molecule has 0 fully saturated rings. The summed E-state index contributed by atoms with van der Waals surface area (Å²) in [4.78, 5) is 4.43. The van der Waals surface area contributed by atoms with Gasteiger partial charge in [-0.15, -0.1) is 12.3 Å². The first kappa shape index (κ1) is 22.2. The van der Waals surface area contributed by atoms with E-state index in [1.54, 1.807) is 6.92 Å². The van der Waals surface area contributed by atoms with Gasteiger partial charge in [0.05, 0.1) is 6.04 Å². The van der Waals surface area contributed by atoms with Gasteiger partial charge in [0.25, 0.3) is 0 Å². The van der Waals surface area contributed by atoms with Crippen molar-refractivity contribution in [2.45, 2.75) is 54.5 Å². The normalized spacial score (nSPS) is 16.1. The lowest BCUT2D eigenvalue weighted by molar-refractivity contribution is 0.941. The molecular weight excluding hydrogens is 266 g/mol. The zero-order chi connectivity index (χ0) is 17.4. The van der Waals surface area contributed by atoms with Crippen molar-refractivity contribution < 1.29 is 0 Å². The van der Waals surface area contributed by atoms with Crippen LogP contribution in [0.4, 0.5) is 0 Å². The Hall–Kier alpha value is -2.07. The highest BCUT2D eigenvalue weighted by Crippen LogP contribution is 2.26. The molecule has 1 aromatic carbocycles. The Kier molecular flexibility index (Phi) is 15.5. The Morgan fingerprint density at radius 3 is 2.05 bits per heavy atom. The quantitative estimate of drug-likeness (QED) is 0.402. The first-order valence-electron chi connectivity index (χ1n) is 7.89. The highest BCUT2D eigenvalue weighted by atomic mass is 14.8. The molecule has 0 spiro atoms. The van der Waals surface area contributed by atoms with Crippen molar-refractivity contribution in [3.05, 3.63) is 53.6 Å². The number of hydrogen-bond donors (Lipinski definition) is 0. The minimum absolute atomic E-state index is 0.305. The van der Waals surface area contributed by atoms with E-state index in [9.17, 15) is 0 Å². The second-order valence-electron chi connectivity index (χ2n) is 4.24. The minimum atomic E-state index is 0.305. The molecule has 0 amide bonds. The summed E-state index contributed by atoms with van der Waals surface area (Å²) in [6, 6.07) is 8.70. The van der Waals surface area contributed by atoms with Crippen LogP contribution >= 0.6 is 0 Å². The van der Waals surface area contributed by atoms with Crippen LogP contribution in [0.5, 0.6) is 0 Å². The molecule has 0 N–H and O–H groups in total. The van der Waals surface area contributed by atoms with Crippen LogP contribution in [-0.4, -0.2) is 12.3 Å². The first-order chi connectivity index (χ1) is 10.7. The molecule has 0 bridgehead atoms. The van der Waals surface area contributed by atoms with Gasteiger partial charge >= 0.3 is 0 Å². The third kappa shape index (κ3) is 8.27. The molecular formula is C21H31N. The Bertz CT molecular complexity index is 509. The van der Waals surface area contributed by atoms with Gasteiger partial charge in [0.2, 0.25) is 0 Å². The van der Waals surface area contributed by atoms with Gasteiger partial charge < -0.3 is 0 Å². The zero-order valence-corrected chi connectivity index (χ0v) is 15.2. The van der Waals surface area contributed by atoms with Crippen LogP contribution < -0.4 is 0 Å². The fourth-order valence-corrected chi connectivity index (χ4v) is 1.77. The summed E-state index contributed by atoms with van der Waals surface area (Å²) < 4.78 is 0. The van der Waals surface area contributed by atoms with Gasteiger partial charge in [-0.05, 0) is 51.3 Å². The SMILES string of the molecule is C#CC.C/C=C1/c2ccccc2C=NC1C.C/C=C\C.CC.